The van der Waals surface area contributed by atoms with Crippen molar-refractivity contribution in [1.29, 1.82) is 0 Å². The van der Waals surface area contributed by atoms with Crippen molar-refractivity contribution in [2.75, 3.05) is 7.05 Å². The Morgan fingerprint density at radius 1 is 1.11 bits per heavy atom. The fourth-order valence-electron chi connectivity index (χ4n) is 1.99. The molecule has 1 nitrogen and oxygen atoms in total. The third-order valence-corrected chi connectivity index (χ3v) is 4.14. The van der Waals surface area contributed by atoms with E-state index in [2.05, 4.69) is 21.2 Å². The first-order valence-corrected chi connectivity index (χ1v) is 7.16. The Morgan fingerprint density at radius 3 is 2.26 bits per heavy atom. The smallest absolute Gasteiger partial charge is 0.142 e. The van der Waals surface area contributed by atoms with Crippen LogP contribution in [0.2, 0.25) is 10.0 Å². The van der Waals surface area contributed by atoms with Gasteiger partial charge in [0, 0.05) is 21.2 Å². The van der Waals surface area contributed by atoms with Gasteiger partial charge in [-0.3, -0.25) is 0 Å². The van der Waals surface area contributed by atoms with Crippen molar-refractivity contribution in [2.45, 2.75) is 6.04 Å². The summed E-state index contributed by atoms with van der Waals surface area (Å²) in [4.78, 5) is 0. The van der Waals surface area contributed by atoms with E-state index in [-0.39, 0.29) is 5.82 Å². The molecular formula is C14H11BrCl2FN. The third-order valence-electron chi connectivity index (χ3n) is 2.87. The van der Waals surface area contributed by atoms with Crippen molar-refractivity contribution in [3.63, 3.8) is 0 Å². The van der Waals surface area contributed by atoms with Crippen LogP contribution in [0.25, 0.3) is 0 Å². The van der Waals surface area contributed by atoms with Gasteiger partial charge in [-0.15, -0.1) is 0 Å². The van der Waals surface area contributed by atoms with Crippen LogP contribution in [-0.2, 0) is 0 Å². The monoisotopic (exact) mass is 361 g/mol. The molecular weight excluding hydrogens is 352 g/mol. The van der Waals surface area contributed by atoms with Crippen LogP contribution in [0.1, 0.15) is 17.2 Å². The molecule has 0 aromatic heterocycles. The maximum Gasteiger partial charge on any atom is 0.142 e. The first-order chi connectivity index (χ1) is 9.06. The van der Waals surface area contributed by atoms with Crippen LogP contribution in [0.3, 0.4) is 0 Å². The second-order valence-electron chi connectivity index (χ2n) is 4.00. The van der Waals surface area contributed by atoms with Gasteiger partial charge in [-0.2, -0.15) is 0 Å². The molecule has 1 unspecified atom stereocenters. The number of hydrogen-bond acceptors (Lipinski definition) is 1. The Bertz CT molecular complexity index is 584. The van der Waals surface area contributed by atoms with Gasteiger partial charge in [0.15, 0.2) is 0 Å². The minimum Gasteiger partial charge on any atom is -0.309 e. The number of nitrogens with one attached hydrogen (secondary N) is 1. The average Bonchev–Trinajstić information content (AvgIpc) is 2.38. The summed E-state index contributed by atoms with van der Waals surface area (Å²) in [5.41, 5.74) is 1.16. The predicted molar refractivity (Wildman–Crippen MR) is 81.5 cm³/mol. The predicted octanol–water partition coefficient (Wildman–Crippen LogP) is 5.20. The maximum absolute atomic E-state index is 14.2. The summed E-state index contributed by atoms with van der Waals surface area (Å²) in [6.07, 6.45) is 0. The number of rotatable bonds is 3. The molecule has 0 aliphatic carbocycles. The lowest BCUT2D eigenvalue weighted by molar-refractivity contribution is 0.571. The summed E-state index contributed by atoms with van der Waals surface area (Å²) in [7, 11) is 1.74. The van der Waals surface area contributed by atoms with Crippen LogP contribution in [0.15, 0.2) is 40.9 Å². The van der Waals surface area contributed by atoms with Crippen molar-refractivity contribution >= 4 is 39.1 Å². The van der Waals surface area contributed by atoms with Gasteiger partial charge in [-0.05, 0) is 41.2 Å². The molecule has 2 aromatic carbocycles. The largest absolute Gasteiger partial charge is 0.309 e. The molecule has 0 spiro atoms. The zero-order valence-electron chi connectivity index (χ0n) is 10.1. The fourth-order valence-corrected chi connectivity index (χ4v) is 2.98. The number of halogens is 4. The average molecular weight is 363 g/mol. The Morgan fingerprint density at radius 2 is 1.68 bits per heavy atom. The molecule has 19 heavy (non-hydrogen) atoms. The van der Waals surface area contributed by atoms with Crippen molar-refractivity contribution in [3.8, 4) is 0 Å². The topological polar surface area (TPSA) is 12.0 Å². The van der Waals surface area contributed by atoms with Gasteiger partial charge in [0.05, 0.1) is 10.5 Å². The van der Waals surface area contributed by atoms with E-state index in [1.54, 1.807) is 43.4 Å². The van der Waals surface area contributed by atoms with Gasteiger partial charge >= 0.3 is 0 Å². The quantitative estimate of drug-likeness (QED) is 0.790. The van der Waals surface area contributed by atoms with Crippen LogP contribution in [0.5, 0.6) is 0 Å². The summed E-state index contributed by atoms with van der Waals surface area (Å²) in [6.45, 7) is 0. The zero-order chi connectivity index (χ0) is 14.0. The lowest BCUT2D eigenvalue weighted by atomic mass is 9.98. The van der Waals surface area contributed by atoms with Gasteiger partial charge in [0.2, 0.25) is 0 Å². The molecule has 0 bridgehead atoms. The van der Waals surface area contributed by atoms with Crippen LogP contribution >= 0.6 is 39.1 Å². The van der Waals surface area contributed by atoms with Crippen molar-refractivity contribution in [3.05, 3.63) is 67.9 Å². The molecule has 5 heteroatoms. The van der Waals surface area contributed by atoms with Crippen molar-refractivity contribution in [2.24, 2.45) is 0 Å². The molecule has 0 aliphatic rings. The van der Waals surface area contributed by atoms with E-state index in [1.807, 2.05) is 0 Å². The first kappa shape index (κ1) is 14.8. The van der Waals surface area contributed by atoms with Gasteiger partial charge in [-0.1, -0.05) is 41.4 Å². The van der Waals surface area contributed by atoms with E-state index >= 15 is 0 Å². The highest BCUT2D eigenvalue weighted by molar-refractivity contribution is 9.10. The summed E-state index contributed by atoms with van der Waals surface area (Å²) >= 11 is 15.6. The standard InChI is InChI=1S/C14H11BrCl2FN/c1-19-14(8-4-2-5-9(15)13(8)18)12-10(16)6-3-7-11(12)17/h2-7,14,19H,1H3. The summed E-state index contributed by atoms with van der Waals surface area (Å²) in [5, 5.41) is 4.07. The molecule has 0 amide bonds. The van der Waals surface area contributed by atoms with E-state index in [1.165, 1.54) is 0 Å². The Hall–Kier alpha value is -0.610. The van der Waals surface area contributed by atoms with Gasteiger partial charge < -0.3 is 5.32 Å². The highest BCUT2D eigenvalue weighted by Crippen LogP contribution is 2.36. The zero-order valence-corrected chi connectivity index (χ0v) is 13.2. The molecule has 0 aliphatic heterocycles. The molecule has 1 N–H and O–H groups in total. The summed E-state index contributed by atoms with van der Waals surface area (Å²) in [6, 6.07) is 9.97. The van der Waals surface area contributed by atoms with Crippen molar-refractivity contribution < 1.29 is 4.39 Å². The molecule has 0 saturated heterocycles. The highest BCUT2D eigenvalue weighted by Gasteiger charge is 2.22. The van der Waals surface area contributed by atoms with Crippen LogP contribution in [0, 0.1) is 5.82 Å². The minimum atomic E-state index is -0.404. The van der Waals surface area contributed by atoms with Gasteiger partial charge in [0.25, 0.3) is 0 Å². The molecule has 1 atom stereocenters. The van der Waals surface area contributed by atoms with Crippen molar-refractivity contribution in [1.82, 2.24) is 5.32 Å². The fraction of sp³-hybridized carbons (Fsp3) is 0.143. The van der Waals surface area contributed by atoms with E-state index in [4.69, 9.17) is 23.2 Å². The lowest BCUT2D eigenvalue weighted by Crippen LogP contribution is -2.20. The number of hydrogen-bond donors (Lipinski definition) is 1. The minimum absolute atomic E-state index is 0.321. The third kappa shape index (κ3) is 2.95. The van der Waals surface area contributed by atoms with Crippen LogP contribution in [-0.4, -0.2) is 7.05 Å². The number of benzene rings is 2. The molecule has 0 radical (unpaired) electrons. The molecule has 100 valence electrons. The summed E-state index contributed by atoms with van der Waals surface area (Å²) < 4.78 is 14.6. The second kappa shape index (κ2) is 6.23. The Labute approximate surface area is 129 Å². The maximum atomic E-state index is 14.2. The molecule has 2 aromatic rings. The van der Waals surface area contributed by atoms with E-state index in [0.717, 1.165) is 0 Å². The lowest BCUT2D eigenvalue weighted by Gasteiger charge is -2.20. The first-order valence-electron chi connectivity index (χ1n) is 5.61. The van der Waals surface area contributed by atoms with E-state index in [9.17, 15) is 4.39 Å². The van der Waals surface area contributed by atoms with Crippen LogP contribution < -0.4 is 5.32 Å². The Balaban J connectivity index is 2.60. The Kier molecular flexibility index (Phi) is 4.85. The van der Waals surface area contributed by atoms with E-state index in [0.29, 0.717) is 25.6 Å². The molecule has 0 fully saturated rings. The van der Waals surface area contributed by atoms with Crippen LogP contribution in [0.4, 0.5) is 4.39 Å². The van der Waals surface area contributed by atoms with E-state index < -0.39 is 6.04 Å². The molecule has 2 rings (SSSR count). The second-order valence-corrected chi connectivity index (χ2v) is 5.67. The van der Waals surface area contributed by atoms with Gasteiger partial charge in [-0.25, -0.2) is 4.39 Å². The highest BCUT2D eigenvalue weighted by atomic mass is 79.9. The SMILES string of the molecule is CNC(c1cccc(Br)c1F)c1c(Cl)cccc1Cl. The molecule has 0 heterocycles. The summed E-state index contributed by atoms with van der Waals surface area (Å²) in [5.74, 6) is -0.321. The van der Waals surface area contributed by atoms with Gasteiger partial charge in [0.1, 0.15) is 5.82 Å². The molecule has 0 saturated carbocycles. The normalized spacial score (nSPS) is 12.5.